The number of carbonyl (C=O) groups is 1. The van der Waals surface area contributed by atoms with E-state index in [1.807, 2.05) is 0 Å². The molecule has 0 aliphatic heterocycles. The Morgan fingerprint density at radius 3 is 2.81 bits per heavy atom. The predicted octanol–water partition coefficient (Wildman–Crippen LogP) is 3.32. The SMILES string of the molecule is CC1CCC(C)c2sc(SCC(=O)O)nc21. The molecule has 1 aliphatic rings. The van der Waals surface area contributed by atoms with Gasteiger partial charge in [-0.05, 0) is 24.7 Å². The predicted molar refractivity (Wildman–Crippen MR) is 66.5 cm³/mol. The third-order valence-electron chi connectivity index (χ3n) is 2.93. The highest BCUT2D eigenvalue weighted by Crippen LogP contribution is 2.43. The smallest absolute Gasteiger partial charge is 0.313 e. The first-order chi connectivity index (χ1) is 7.58. The minimum absolute atomic E-state index is 0.106. The lowest BCUT2D eigenvalue weighted by Crippen LogP contribution is -2.08. The molecule has 5 heteroatoms. The molecule has 0 fully saturated rings. The maximum absolute atomic E-state index is 10.5. The van der Waals surface area contributed by atoms with Gasteiger partial charge >= 0.3 is 5.97 Å². The van der Waals surface area contributed by atoms with Gasteiger partial charge in [0.25, 0.3) is 0 Å². The van der Waals surface area contributed by atoms with E-state index < -0.39 is 5.97 Å². The van der Waals surface area contributed by atoms with Crippen molar-refractivity contribution in [2.24, 2.45) is 0 Å². The Hall–Kier alpha value is -0.550. The largest absolute Gasteiger partial charge is 0.481 e. The average molecular weight is 257 g/mol. The molecule has 1 heterocycles. The lowest BCUT2D eigenvalue weighted by Gasteiger charge is -2.21. The van der Waals surface area contributed by atoms with Crippen molar-refractivity contribution in [1.82, 2.24) is 4.98 Å². The molecule has 1 aliphatic carbocycles. The summed E-state index contributed by atoms with van der Waals surface area (Å²) in [6.07, 6.45) is 2.42. The Bertz CT molecular complexity index is 375. The maximum Gasteiger partial charge on any atom is 0.313 e. The number of aliphatic carboxylic acids is 1. The van der Waals surface area contributed by atoms with Crippen LogP contribution in [0.3, 0.4) is 0 Å². The van der Waals surface area contributed by atoms with Gasteiger partial charge in [-0.15, -0.1) is 11.3 Å². The van der Waals surface area contributed by atoms with Crippen LogP contribution in [0.25, 0.3) is 0 Å². The number of aromatic nitrogens is 1. The van der Waals surface area contributed by atoms with Crippen LogP contribution in [0.1, 0.15) is 49.1 Å². The maximum atomic E-state index is 10.5. The van der Waals surface area contributed by atoms with Crippen molar-refractivity contribution in [1.29, 1.82) is 0 Å². The molecule has 2 atom stereocenters. The molecule has 3 nitrogen and oxygen atoms in total. The summed E-state index contributed by atoms with van der Waals surface area (Å²) in [4.78, 5) is 16.4. The summed E-state index contributed by atoms with van der Waals surface area (Å²) in [5.41, 5.74) is 1.21. The molecule has 0 saturated carbocycles. The molecule has 0 bridgehead atoms. The minimum atomic E-state index is -0.778. The molecule has 0 saturated heterocycles. The zero-order valence-electron chi connectivity index (χ0n) is 9.40. The molecule has 2 unspecified atom stereocenters. The summed E-state index contributed by atoms with van der Waals surface area (Å²) >= 11 is 3.01. The van der Waals surface area contributed by atoms with Crippen LogP contribution in [0.5, 0.6) is 0 Å². The fraction of sp³-hybridized carbons (Fsp3) is 0.636. The van der Waals surface area contributed by atoms with Crippen LogP contribution < -0.4 is 0 Å². The zero-order chi connectivity index (χ0) is 11.7. The van der Waals surface area contributed by atoms with E-state index in [0.717, 1.165) is 4.34 Å². The quantitative estimate of drug-likeness (QED) is 0.844. The van der Waals surface area contributed by atoms with E-state index in [-0.39, 0.29) is 5.75 Å². The summed E-state index contributed by atoms with van der Waals surface area (Å²) in [7, 11) is 0. The Kier molecular flexibility index (Phi) is 3.54. The molecule has 0 radical (unpaired) electrons. The summed E-state index contributed by atoms with van der Waals surface area (Å²) < 4.78 is 0.910. The van der Waals surface area contributed by atoms with Gasteiger partial charge in [0.2, 0.25) is 0 Å². The van der Waals surface area contributed by atoms with Crippen LogP contribution in [0.4, 0.5) is 0 Å². The number of hydrogen-bond donors (Lipinski definition) is 1. The highest BCUT2D eigenvalue weighted by atomic mass is 32.2. The molecule has 1 aromatic rings. The molecule has 0 amide bonds. The number of fused-ring (bicyclic) bond motifs is 1. The van der Waals surface area contributed by atoms with Crippen molar-refractivity contribution >= 4 is 29.1 Å². The van der Waals surface area contributed by atoms with E-state index in [0.29, 0.717) is 11.8 Å². The van der Waals surface area contributed by atoms with Crippen LogP contribution in [-0.2, 0) is 4.79 Å². The van der Waals surface area contributed by atoms with Crippen molar-refractivity contribution in [3.63, 3.8) is 0 Å². The number of hydrogen-bond acceptors (Lipinski definition) is 4. The van der Waals surface area contributed by atoms with E-state index in [9.17, 15) is 4.79 Å². The van der Waals surface area contributed by atoms with Crippen LogP contribution in [0, 0.1) is 0 Å². The standard InChI is InChI=1S/C11H15NO2S2/c1-6-3-4-7(2)10-9(6)12-11(16-10)15-5-8(13)14/h6-7H,3-5H2,1-2H3,(H,13,14). The molecular weight excluding hydrogens is 242 g/mol. The summed E-state index contributed by atoms with van der Waals surface area (Å²) in [6.45, 7) is 4.44. The molecular formula is C11H15NO2S2. The first-order valence-corrected chi connectivity index (χ1v) is 7.23. The van der Waals surface area contributed by atoms with Crippen LogP contribution in [-0.4, -0.2) is 21.8 Å². The Morgan fingerprint density at radius 2 is 2.19 bits per heavy atom. The number of thioether (sulfide) groups is 1. The summed E-state index contributed by atoms with van der Waals surface area (Å²) in [6, 6.07) is 0. The third-order valence-corrected chi connectivity index (χ3v) is 5.36. The number of rotatable bonds is 3. The zero-order valence-corrected chi connectivity index (χ0v) is 11.0. The Morgan fingerprint density at radius 1 is 1.50 bits per heavy atom. The van der Waals surface area contributed by atoms with E-state index in [1.54, 1.807) is 11.3 Å². The van der Waals surface area contributed by atoms with E-state index in [2.05, 4.69) is 18.8 Å². The first-order valence-electron chi connectivity index (χ1n) is 5.43. The van der Waals surface area contributed by atoms with Crippen molar-refractivity contribution in [2.75, 3.05) is 5.75 Å². The average Bonchev–Trinajstić information content (AvgIpc) is 2.66. The molecule has 16 heavy (non-hydrogen) atoms. The van der Waals surface area contributed by atoms with Gasteiger partial charge in [-0.2, -0.15) is 0 Å². The topological polar surface area (TPSA) is 50.2 Å². The highest BCUT2D eigenvalue weighted by Gasteiger charge is 2.26. The van der Waals surface area contributed by atoms with Gasteiger partial charge in [-0.3, -0.25) is 4.79 Å². The summed E-state index contributed by atoms with van der Waals surface area (Å²) in [5.74, 6) is 0.443. The Balaban J connectivity index is 2.18. The van der Waals surface area contributed by atoms with Gasteiger partial charge < -0.3 is 5.11 Å². The molecule has 88 valence electrons. The van der Waals surface area contributed by atoms with E-state index >= 15 is 0 Å². The number of carboxylic acid groups (broad SMARTS) is 1. The molecule has 0 spiro atoms. The van der Waals surface area contributed by atoms with Gasteiger partial charge in [0.05, 0.1) is 11.4 Å². The van der Waals surface area contributed by atoms with Crippen LogP contribution in [0.2, 0.25) is 0 Å². The fourth-order valence-corrected chi connectivity index (χ4v) is 4.08. The third kappa shape index (κ3) is 2.40. The van der Waals surface area contributed by atoms with Crippen molar-refractivity contribution < 1.29 is 9.90 Å². The van der Waals surface area contributed by atoms with Gasteiger partial charge in [0.1, 0.15) is 0 Å². The molecule has 2 rings (SSSR count). The normalized spacial score (nSPS) is 24.1. The second kappa shape index (κ2) is 4.75. The summed E-state index contributed by atoms with van der Waals surface area (Å²) in [5, 5.41) is 8.64. The van der Waals surface area contributed by atoms with Gasteiger partial charge in [-0.25, -0.2) is 4.98 Å². The minimum Gasteiger partial charge on any atom is -0.481 e. The first kappa shape index (κ1) is 11.9. The Labute approximate surface area is 103 Å². The highest BCUT2D eigenvalue weighted by molar-refractivity contribution is 8.01. The van der Waals surface area contributed by atoms with Crippen molar-refractivity contribution in [3.05, 3.63) is 10.6 Å². The molecule has 0 aromatic carbocycles. The number of carboxylic acids is 1. The second-order valence-electron chi connectivity index (χ2n) is 4.29. The molecule has 1 aromatic heterocycles. The fourth-order valence-electron chi connectivity index (χ4n) is 1.98. The van der Waals surface area contributed by atoms with Crippen LogP contribution >= 0.6 is 23.1 Å². The van der Waals surface area contributed by atoms with Gasteiger partial charge in [0.15, 0.2) is 4.34 Å². The van der Waals surface area contributed by atoms with Crippen molar-refractivity contribution in [3.8, 4) is 0 Å². The van der Waals surface area contributed by atoms with Crippen LogP contribution in [0.15, 0.2) is 4.34 Å². The second-order valence-corrected chi connectivity index (χ2v) is 6.54. The monoisotopic (exact) mass is 257 g/mol. The lowest BCUT2D eigenvalue weighted by atomic mass is 9.86. The van der Waals surface area contributed by atoms with Gasteiger partial charge in [-0.1, -0.05) is 25.6 Å². The van der Waals surface area contributed by atoms with E-state index in [4.69, 9.17) is 5.11 Å². The van der Waals surface area contributed by atoms with Gasteiger partial charge in [0, 0.05) is 4.88 Å². The number of thiazole rings is 1. The molecule has 1 N–H and O–H groups in total. The van der Waals surface area contributed by atoms with Crippen molar-refractivity contribution in [2.45, 2.75) is 42.9 Å². The van der Waals surface area contributed by atoms with E-state index in [1.165, 1.54) is 35.2 Å². The lowest BCUT2D eigenvalue weighted by molar-refractivity contribution is -0.133. The number of nitrogens with zero attached hydrogens (tertiary/aromatic N) is 1.